The lowest BCUT2D eigenvalue weighted by Gasteiger charge is -2.42. The van der Waals surface area contributed by atoms with Gasteiger partial charge in [0.2, 0.25) is 5.91 Å². The largest absolute Gasteiger partial charge is 0.490 e. The van der Waals surface area contributed by atoms with Gasteiger partial charge in [-0.1, -0.05) is 0 Å². The maximum Gasteiger partial charge on any atom is 0.225 e. The van der Waals surface area contributed by atoms with Gasteiger partial charge < -0.3 is 14.5 Å². The normalized spacial score (nSPS) is 24.4. The second-order valence-electron chi connectivity index (χ2n) is 8.67. The van der Waals surface area contributed by atoms with Gasteiger partial charge in [-0.05, 0) is 70.8 Å². The number of carbonyl (C=O) groups is 1. The predicted octanol–water partition coefficient (Wildman–Crippen LogP) is 2.26. The molecular weight excluding hydrogens is 352 g/mol. The number of nitrogens with zero attached hydrogens (tertiary/aromatic N) is 4. The summed E-state index contributed by atoms with van der Waals surface area (Å²) in [5, 5.41) is 0. The summed E-state index contributed by atoms with van der Waals surface area (Å²) in [7, 11) is 2.15. The molecule has 0 radical (unpaired) electrons. The van der Waals surface area contributed by atoms with Crippen LogP contribution in [0.5, 0.6) is 5.75 Å². The molecule has 0 spiro atoms. The summed E-state index contributed by atoms with van der Waals surface area (Å²) in [5.41, 5.74) is 0. The number of amides is 1. The van der Waals surface area contributed by atoms with Crippen LogP contribution >= 0.6 is 0 Å². The van der Waals surface area contributed by atoms with E-state index >= 15 is 0 Å². The number of likely N-dealkylation sites (tertiary alicyclic amines) is 3. The molecule has 0 saturated carbocycles. The van der Waals surface area contributed by atoms with E-state index in [1.807, 2.05) is 12.1 Å². The van der Waals surface area contributed by atoms with E-state index in [0.29, 0.717) is 18.1 Å². The lowest BCUT2D eigenvalue weighted by molar-refractivity contribution is -0.138. The molecule has 28 heavy (non-hydrogen) atoms. The lowest BCUT2D eigenvalue weighted by atomic mass is 9.93. The van der Waals surface area contributed by atoms with E-state index in [2.05, 4.69) is 26.7 Å². The van der Waals surface area contributed by atoms with Gasteiger partial charge in [0, 0.05) is 50.5 Å². The lowest BCUT2D eigenvalue weighted by Crippen LogP contribution is -2.51. The van der Waals surface area contributed by atoms with Crippen molar-refractivity contribution in [1.82, 2.24) is 19.7 Å². The molecule has 3 saturated heterocycles. The Hall–Kier alpha value is -1.66. The fourth-order valence-corrected chi connectivity index (χ4v) is 4.93. The zero-order chi connectivity index (χ0) is 19.3. The molecule has 3 fully saturated rings. The summed E-state index contributed by atoms with van der Waals surface area (Å²) in [6, 6.07) is 4.50. The van der Waals surface area contributed by atoms with Crippen molar-refractivity contribution in [1.29, 1.82) is 0 Å². The number of piperidine rings is 3. The molecule has 3 aliphatic rings. The third-order valence-corrected chi connectivity index (χ3v) is 6.79. The highest BCUT2D eigenvalue weighted by atomic mass is 16.5. The van der Waals surface area contributed by atoms with E-state index in [1.54, 1.807) is 12.4 Å². The molecule has 1 aromatic heterocycles. The maximum atomic E-state index is 12.8. The van der Waals surface area contributed by atoms with Crippen molar-refractivity contribution in [3.05, 3.63) is 24.5 Å². The van der Waals surface area contributed by atoms with Crippen LogP contribution in [0.2, 0.25) is 0 Å². The van der Waals surface area contributed by atoms with Crippen molar-refractivity contribution < 1.29 is 9.53 Å². The minimum atomic E-state index is 0.258. The van der Waals surface area contributed by atoms with Crippen molar-refractivity contribution in [3.63, 3.8) is 0 Å². The molecule has 3 aliphatic heterocycles. The molecule has 0 aromatic carbocycles. The summed E-state index contributed by atoms with van der Waals surface area (Å²) >= 11 is 0. The monoisotopic (exact) mass is 386 g/mol. The maximum absolute atomic E-state index is 12.8. The van der Waals surface area contributed by atoms with Crippen LogP contribution < -0.4 is 4.74 Å². The standard InChI is InChI=1S/C22H34N4O2/c1-24-12-4-18(5-13-24)22(27)26-14-6-19(7-15-26)25-16-8-21(9-17-25)28-20-2-10-23-11-3-20/h2-3,10-11,18-19,21H,4-9,12-17H2,1H3. The molecule has 0 atom stereocenters. The van der Waals surface area contributed by atoms with Gasteiger partial charge in [0.05, 0.1) is 0 Å². The Balaban J connectivity index is 1.19. The fourth-order valence-electron chi connectivity index (χ4n) is 4.93. The van der Waals surface area contributed by atoms with E-state index in [0.717, 1.165) is 83.5 Å². The van der Waals surface area contributed by atoms with Gasteiger partial charge >= 0.3 is 0 Å². The Morgan fingerprint density at radius 3 is 2.21 bits per heavy atom. The predicted molar refractivity (Wildman–Crippen MR) is 109 cm³/mol. The van der Waals surface area contributed by atoms with Crippen molar-refractivity contribution in [2.75, 3.05) is 46.3 Å². The first kappa shape index (κ1) is 19.6. The smallest absolute Gasteiger partial charge is 0.225 e. The van der Waals surface area contributed by atoms with Crippen LogP contribution in [-0.2, 0) is 4.79 Å². The molecule has 6 heteroatoms. The Labute approximate surface area is 168 Å². The zero-order valence-electron chi connectivity index (χ0n) is 17.1. The van der Waals surface area contributed by atoms with Gasteiger partial charge in [-0.3, -0.25) is 14.7 Å². The quantitative estimate of drug-likeness (QED) is 0.794. The molecule has 6 nitrogen and oxygen atoms in total. The van der Waals surface area contributed by atoms with Crippen LogP contribution in [-0.4, -0.2) is 84.1 Å². The minimum absolute atomic E-state index is 0.258. The molecule has 4 rings (SSSR count). The number of hydrogen-bond acceptors (Lipinski definition) is 5. The van der Waals surface area contributed by atoms with Crippen LogP contribution in [0.4, 0.5) is 0 Å². The van der Waals surface area contributed by atoms with E-state index in [4.69, 9.17) is 4.74 Å². The number of hydrogen-bond donors (Lipinski definition) is 0. The second-order valence-corrected chi connectivity index (χ2v) is 8.67. The van der Waals surface area contributed by atoms with Crippen LogP contribution in [0, 0.1) is 5.92 Å². The highest BCUT2D eigenvalue weighted by molar-refractivity contribution is 5.79. The fraction of sp³-hybridized carbons (Fsp3) is 0.727. The van der Waals surface area contributed by atoms with Crippen LogP contribution in [0.15, 0.2) is 24.5 Å². The van der Waals surface area contributed by atoms with Crippen LogP contribution in [0.25, 0.3) is 0 Å². The Morgan fingerprint density at radius 2 is 1.57 bits per heavy atom. The first-order chi connectivity index (χ1) is 13.7. The molecule has 154 valence electrons. The van der Waals surface area contributed by atoms with Crippen molar-refractivity contribution >= 4 is 5.91 Å². The number of ether oxygens (including phenoxy) is 1. The van der Waals surface area contributed by atoms with Crippen molar-refractivity contribution in [3.8, 4) is 5.75 Å². The number of aromatic nitrogens is 1. The van der Waals surface area contributed by atoms with Crippen LogP contribution in [0.3, 0.4) is 0 Å². The van der Waals surface area contributed by atoms with Crippen molar-refractivity contribution in [2.45, 2.75) is 50.7 Å². The highest BCUT2D eigenvalue weighted by Crippen LogP contribution is 2.26. The molecule has 1 amide bonds. The second kappa shape index (κ2) is 9.23. The third kappa shape index (κ3) is 4.84. The number of pyridine rings is 1. The first-order valence-corrected chi connectivity index (χ1v) is 11.0. The Bertz CT molecular complexity index is 617. The number of carbonyl (C=O) groups excluding carboxylic acids is 1. The molecule has 0 N–H and O–H groups in total. The highest BCUT2D eigenvalue weighted by Gasteiger charge is 2.33. The summed E-state index contributed by atoms with van der Waals surface area (Å²) in [4.78, 5) is 24.0. The first-order valence-electron chi connectivity index (χ1n) is 11.0. The Morgan fingerprint density at radius 1 is 0.929 bits per heavy atom. The summed E-state index contributed by atoms with van der Waals surface area (Å²) in [6.45, 7) is 6.19. The minimum Gasteiger partial charge on any atom is -0.490 e. The molecule has 0 unspecified atom stereocenters. The number of rotatable bonds is 4. The van der Waals surface area contributed by atoms with Gasteiger partial charge in [-0.25, -0.2) is 0 Å². The summed E-state index contributed by atoms with van der Waals surface area (Å²) in [6.07, 6.45) is 10.3. The zero-order valence-corrected chi connectivity index (χ0v) is 17.1. The molecule has 0 aliphatic carbocycles. The van der Waals surface area contributed by atoms with E-state index in [9.17, 15) is 4.79 Å². The van der Waals surface area contributed by atoms with Crippen molar-refractivity contribution in [2.24, 2.45) is 5.92 Å². The molecular formula is C22H34N4O2. The molecule has 1 aromatic rings. The van der Waals surface area contributed by atoms with Crippen LogP contribution in [0.1, 0.15) is 38.5 Å². The van der Waals surface area contributed by atoms with Gasteiger partial charge in [0.15, 0.2) is 0 Å². The molecule has 4 heterocycles. The van der Waals surface area contributed by atoms with E-state index in [1.165, 1.54) is 0 Å². The SMILES string of the molecule is CN1CCC(C(=O)N2CCC(N3CCC(Oc4ccncc4)CC3)CC2)CC1. The Kier molecular flexibility index (Phi) is 6.47. The van der Waals surface area contributed by atoms with E-state index in [-0.39, 0.29) is 5.92 Å². The topological polar surface area (TPSA) is 48.9 Å². The summed E-state index contributed by atoms with van der Waals surface area (Å²) in [5.74, 6) is 1.60. The average molecular weight is 387 g/mol. The third-order valence-electron chi connectivity index (χ3n) is 6.79. The summed E-state index contributed by atoms with van der Waals surface area (Å²) < 4.78 is 6.09. The van der Waals surface area contributed by atoms with Gasteiger partial charge in [0.25, 0.3) is 0 Å². The molecule has 0 bridgehead atoms. The van der Waals surface area contributed by atoms with Gasteiger partial charge in [-0.15, -0.1) is 0 Å². The van der Waals surface area contributed by atoms with Gasteiger partial charge in [0.1, 0.15) is 11.9 Å². The average Bonchev–Trinajstić information content (AvgIpc) is 2.75. The van der Waals surface area contributed by atoms with E-state index < -0.39 is 0 Å². The van der Waals surface area contributed by atoms with Gasteiger partial charge in [-0.2, -0.15) is 0 Å².